The average Bonchev–Trinajstić information content (AvgIpc) is 3.00. The average molecular weight is 311 g/mol. The Kier molecular flexibility index (Phi) is 3.92. The summed E-state index contributed by atoms with van der Waals surface area (Å²) in [6.07, 6.45) is 2.79. The Labute approximate surface area is 132 Å². The lowest BCUT2D eigenvalue weighted by Gasteiger charge is -2.09. The second kappa shape index (κ2) is 6.04. The van der Waals surface area contributed by atoms with Crippen molar-refractivity contribution in [1.82, 2.24) is 19.6 Å². The number of nitrogens with zero attached hydrogens (tertiary/aromatic N) is 3. The fraction of sp³-hybridized carbons (Fsp3) is 0.250. The van der Waals surface area contributed by atoms with Crippen LogP contribution in [-0.4, -0.2) is 25.5 Å². The van der Waals surface area contributed by atoms with Gasteiger partial charge in [0.2, 0.25) is 0 Å². The van der Waals surface area contributed by atoms with Gasteiger partial charge >= 0.3 is 0 Å². The summed E-state index contributed by atoms with van der Waals surface area (Å²) in [6.45, 7) is 3.90. The summed E-state index contributed by atoms with van der Waals surface area (Å²) in [4.78, 5) is 33.3. The summed E-state index contributed by atoms with van der Waals surface area (Å²) in [7, 11) is 0. The highest BCUT2D eigenvalue weighted by Crippen LogP contribution is 2.13. The maximum absolute atomic E-state index is 12.6. The molecule has 2 aromatic heterocycles. The van der Waals surface area contributed by atoms with E-state index in [0.29, 0.717) is 23.5 Å². The largest absolute Gasteiger partial charge is 0.316 e. The van der Waals surface area contributed by atoms with Gasteiger partial charge in [-0.25, -0.2) is 9.97 Å². The van der Waals surface area contributed by atoms with E-state index in [-0.39, 0.29) is 17.2 Å². The molecule has 3 rings (SSSR count). The smallest absolute Gasteiger partial charge is 0.298 e. The molecule has 0 bridgehead atoms. The van der Waals surface area contributed by atoms with E-state index < -0.39 is 0 Å². The predicted molar refractivity (Wildman–Crippen MR) is 86.7 cm³/mol. The molecular weight excluding hydrogens is 294 g/mol. The molecule has 0 saturated carbocycles. The van der Waals surface area contributed by atoms with Gasteiger partial charge in [-0.15, -0.1) is 0 Å². The van der Waals surface area contributed by atoms with E-state index in [2.05, 4.69) is 20.4 Å². The first-order valence-electron chi connectivity index (χ1n) is 7.43. The lowest BCUT2D eigenvalue weighted by molar-refractivity contribution is 0.102. The van der Waals surface area contributed by atoms with Crippen molar-refractivity contribution in [2.75, 3.05) is 5.32 Å². The normalized spacial score (nSPS) is 10.9. The molecule has 2 N–H and O–H groups in total. The minimum Gasteiger partial charge on any atom is -0.316 e. The highest BCUT2D eigenvalue weighted by molar-refractivity contribution is 6.04. The Morgan fingerprint density at radius 3 is 2.96 bits per heavy atom. The summed E-state index contributed by atoms with van der Waals surface area (Å²) >= 11 is 0. The van der Waals surface area contributed by atoms with Crippen LogP contribution < -0.4 is 10.9 Å². The number of aromatic amines is 1. The van der Waals surface area contributed by atoms with E-state index in [1.807, 2.05) is 19.9 Å². The lowest BCUT2D eigenvalue weighted by Crippen LogP contribution is -2.26. The van der Waals surface area contributed by atoms with Crippen LogP contribution in [0.25, 0.3) is 5.78 Å². The van der Waals surface area contributed by atoms with Gasteiger partial charge in [0.1, 0.15) is 12.0 Å². The van der Waals surface area contributed by atoms with Gasteiger partial charge in [0.25, 0.3) is 17.2 Å². The third-order valence-electron chi connectivity index (χ3n) is 3.51. The molecule has 1 amide bonds. The molecule has 7 heteroatoms. The second-order valence-corrected chi connectivity index (χ2v) is 5.33. The maximum atomic E-state index is 12.6. The second-order valence-electron chi connectivity index (χ2n) is 5.33. The Balaban J connectivity index is 2.04. The van der Waals surface area contributed by atoms with E-state index >= 15 is 0 Å². The number of aryl methyl sites for hydroxylation is 2. The summed E-state index contributed by atoms with van der Waals surface area (Å²) in [5.41, 5.74) is 1.86. The first-order valence-corrected chi connectivity index (χ1v) is 7.43. The summed E-state index contributed by atoms with van der Waals surface area (Å²) in [5.74, 6) is -0.0311. The van der Waals surface area contributed by atoms with Crippen molar-refractivity contribution in [3.63, 3.8) is 0 Å². The Hall–Kier alpha value is -2.96. The molecule has 7 nitrogen and oxygen atoms in total. The van der Waals surface area contributed by atoms with Crippen molar-refractivity contribution in [3.8, 4) is 0 Å². The number of fused-ring (bicyclic) bond motifs is 1. The van der Waals surface area contributed by atoms with Gasteiger partial charge in [-0.1, -0.05) is 31.0 Å². The number of anilines is 1. The topological polar surface area (TPSA) is 92.2 Å². The molecule has 0 fully saturated rings. The van der Waals surface area contributed by atoms with Crippen molar-refractivity contribution in [3.05, 3.63) is 57.8 Å². The fourth-order valence-electron chi connectivity index (χ4n) is 2.42. The first kappa shape index (κ1) is 15.0. The molecule has 0 aliphatic heterocycles. The number of carbonyl (C=O) groups is 1. The number of carbonyl (C=O) groups excluding carboxylic acids is 1. The van der Waals surface area contributed by atoms with E-state index in [0.717, 1.165) is 12.0 Å². The van der Waals surface area contributed by atoms with Crippen LogP contribution in [0.3, 0.4) is 0 Å². The number of amides is 1. The molecule has 3 aromatic rings. The van der Waals surface area contributed by atoms with Crippen LogP contribution in [0.15, 0.2) is 35.4 Å². The van der Waals surface area contributed by atoms with Crippen LogP contribution in [0, 0.1) is 6.92 Å². The van der Waals surface area contributed by atoms with Crippen LogP contribution in [0.5, 0.6) is 0 Å². The Morgan fingerprint density at radius 2 is 2.22 bits per heavy atom. The summed E-state index contributed by atoms with van der Waals surface area (Å²) in [6, 6.07) is 7.20. The van der Waals surface area contributed by atoms with Crippen molar-refractivity contribution < 1.29 is 4.79 Å². The van der Waals surface area contributed by atoms with Gasteiger partial charge in [-0.3, -0.25) is 14.7 Å². The molecule has 0 atom stereocenters. The van der Waals surface area contributed by atoms with E-state index in [4.69, 9.17) is 0 Å². The van der Waals surface area contributed by atoms with Gasteiger partial charge in [0, 0.05) is 5.56 Å². The molecule has 1 aromatic carbocycles. The molecule has 2 heterocycles. The quantitative estimate of drug-likeness (QED) is 0.770. The highest BCUT2D eigenvalue weighted by atomic mass is 16.2. The van der Waals surface area contributed by atoms with E-state index in [1.54, 1.807) is 18.2 Å². The van der Waals surface area contributed by atoms with Crippen LogP contribution >= 0.6 is 0 Å². The van der Waals surface area contributed by atoms with Crippen molar-refractivity contribution in [2.45, 2.75) is 26.7 Å². The zero-order valence-electron chi connectivity index (χ0n) is 13.0. The zero-order chi connectivity index (χ0) is 16.4. The Morgan fingerprint density at radius 1 is 1.39 bits per heavy atom. The van der Waals surface area contributed by atoms with Gasteiger partial charge in [0.05, 0.1) is 5.69 Å². The monoisotopic (exact) mass is 311 g/mol. The van der Waals surface area contributed by atoms with Gasteiger partial charge < -0.3 is 5.32 Å². The molecule has 0 unspecified atom stereocenters. The SMILES string of the molecule is CCCc1nc2nc[nH]n2c(=O)c1NC(=O)c1cccc(C)c1. The first-order chi connectivity index (χ1) is 11.1. The summed E-state index contributed by atoms with van der Waals surface area (Å²) < 4.78 is 1.21. The zero-order valence-corrected chi connectivity index (χ0v) is 13.0. The summed E-state index contributed by atoms with van der Waals surface area (Å²) in [5, 5.41) is 5.41. The number of aromatic nitrogens is 4. The number of hydrogen-bond acceptors (Lipinski definition) is 4. The van der Waals surface area contributed by atoms with Crippen LogP contribution in [-0.2, 0) is 6.42 Å². The van der Waals surface area contributed by atoms with Gasteiger partial charge in [-0.05, 0) is 25.5 Å². The number of H-pyrrole nitrogens is 1. The number of nitrogens with one attached hydrogen (secondary N) is 2. The van der Waals surface area contributed by atoms with E-state index in [1.165, 1.54) is 10.8 Å². The maximum Gasteiger partial charge on any atom is 0.298 e. The van der Waals surface area contributed by atoms with Crippen molar-refractivity contribution in [1.29, 1.82) is 0 Å². The lowest BCUT2D eigenvalue weighted by atomic mass is 10.1. The standard InChI is InChI=1S/C16H17N5O2/c1-3-5-12-13(15(23)21-16(19-12)17-9-18-21)20-14(22)11-7-4-6-10(2)8-11/h4,6-9H,3,5H2,1-2H3,(H,20,22)(H,17,18,19). The predicted octanol–water partition coefficient (Wildman–Crippen LogP) is 1.93. The minimum atomic E-state index is -0.364. The Bertz CT molecular complexity index is 926. The molecule has 0 radical (unpaired) electrons. The molecule has 23 heavy (non-hydrogen) atoms. The van der Waals surface area contributed by atoms with Crippen LogP contribution in [0.1, 0.15) is 35.0 Å². The molecule has 0 spiro atoms. The molecular formula is C16H17N5O2. The fourth-order valence-corrected chi connectivity index (χ4v) is 2.42. The number of hydrogen-bond donors (Lipinski definition) is 2. The van der Waals surface area contributed by atoms with Gasteiger partial charge in [0.15, 0.2) is 0 Å². The molecule has 118 valence electrons. The molecule has 0 aliphatic carbocycles. The van der Waals surface area contributed by atoms with Crippen molar-refractivity contribution >= 4 is 17.4 Å². The molecule has 0 aliphatic rings. The van der Waals surface area contributed by atoms with Crippen LogP contribution in [0.2, 0.25) is 0 Å². The number of benzene rings is 1. The third-order valence-corrected chi connectivity index (χ3v) is 3.51. The third kappa shape index (κ3) is 2.85. The highest BCUT2D eigenvalue weighted by Gasteiger charge is 2.17. The van der Waals surface area contributed by atoms with Gasteiger partial charge in [-0.2, -0.15) is 4.52 Å². The van der Waals surface area contributed by atoms with E-state index in [9.17, 15) is 9.59 Å². The van der Waals surface area contributed by atoms with Crippen molar-refractivity contribution in [2.24, 2.45) is 0 Å². The van der Waals surface area contributed by atoms with Crippen LogP contribution in [0.4, 0.5) is 5.69 Å². The minimum absolute atomic E-state index is 0.195. The molecule has 0 saturated heterocycles. The number of rotatable bonds is 4.